The summed E-state index contributed by atoms with van der Waals surface area (Å²) in [5.74, 6) is -1.23. The van der Waals surface area contributed by atoms with Gasteiger partial charge in [0.1, 0.15) is 5.75 Å². The third-order valence-electron chi connectivity index (χ3n) is 3.55. The van der Waals surface area contributed by atoms with Crippen LogP contribution in [0.1, 0.15) is 27.6 Å². The van der Waals surface area contributed by atoms with Crippen LogP contribution in [0.5, 0.6) is 5.75 Å². The van der Waals surface area contributed by atoms with Crippen LogP contribution < -0.4 is 14.8 Å². The van der Waals surface area contributed by atoms with Crippen LogP contribution >= 0.6 is 0 Å². The van der Waals surface area contributed by atoms with Crippen LogP contribution in [-0.4, -0.2) is 45.1 Å². The molecule has 0 aliphatic carbocycles. The molecule has 3 N–H and O–H groups in total. The van der Waals surface area contributed by atoms with E-state index in [-0.39, 0.29) is 29.1 Å². The summed E-state index contributed by atoms with van der Waals surface area (Å²) in [6, 6.07) is 11.8. The van der Waals surface area contributed by atoms with E-state index in [4.69, 9.17) is 9.84 Å². The fourth-order valence-corrected chi connectivity index (χ4v) is 3.32. The Morgan fingerprint density at radius 1 is 1.00 bits per heavy atom. The predicted molar refractivity (Wildman–Crippen MR) is 98.5 cm³/mol. The number of rotatable bonds is 9. The van der Waals surface area contributed by atoms with Crippen molar-refractivity contribution in [2.45, 2.75) is 11.8 Å². The number of nitrogens with one attached hydrogen (secondary N) is 2. The molecule has 0 bridgehead atoms. The van der Waals surface area contributed by atoms with Crippen molar-refractivity contribution in [3.05, 3.63) is 59.7 Å². The fraction of sp³-hybridized carbons (Fsp3) is 0.222. The molecule has 144 valence electrons. The summed E-state index contributed by atoms with van der Waals surface area (Å²) in [5.41, 5.74) is -0.107. The van der Waals surface area contributed by atoms with Gasteiger partial charge in [-0.05, 0) is 43.3 Å². The van der Waals surface area contributed by atoms with Crippen LogP contribution in [0.3, 0.4) is 0 Å². The highest BCUT2D eigenvalue weighted by atomic mass is 32.2. The van der Waals surface area contributed by atoms with E-state index in [0.29, 0.717) is 12.4 Å². The van der Waals surface area contributed by atoms with Crippen molar-refractivity contribution >= 4 is 21.9 Å². The third kappa shape index (κ3) is 5.53. The van der Waals surface area contributed by atoms with Crippen LogP contribution in [-0.2, 0) is 10.0 Å². The Hall–Kier alpha value is -2.91. The molecule has 0 radical (unpaired) electrons. The summed E-state index contributed by atoms with van der Waals surface area (Å²) in [6.07, 6.45) is 0. The number of carbonyl (C=O) groups is 2. The highest BCUT2D eigenvalue weighted by molar-refractivity contribution is 7.89. The molecule has 1 amide bonds. The average Bonchev–Trinajstić information content (AvgIpc) is 2.65. The molecular weight excluding hydrogens is 372 g/mol. The second kappa shape index (κ2) is 9.15. The zero-order chi connectivity index (χ0) is 19.9. The predicted octanol–water partition coefficient (Wildman–Crippen LogP) is 1.49. The maximum Gasteiger partial charge on any atom is 0.336 e. The van der Waals surface area contributed by atoms with Crippen molar-refractivity contribution in [2.24, 2.45) is 0 Å². The summed E-state index contributed by atoms with van der Waals surface area (Å²) in [7, 11) is -3.73. The van der Waals surface area contributed by atoms with Gasteiger partial charge in [0.15, 0.2) is 0 Å². The van der Waals surface area contributed by atoms with E-state index in [9.17, 15) is 18.0 Å². The maximum atomic E-state index is 12.2. The Morgan fingerprint density at radius 2 is 1.63 bits per heavy atom. The summed E-state index contributed by atoms with van der Waals surface area (Å²) >= 11 is 0. The second-order valence-corrected chi connectivity index (χ2v) is 7.18. The van der Waals surface area contributed by atoms with E-state index < -0.39 is 21.9 Å². The first-order valence-electron chi connectivity index (χ1n) is 8.18. The lowest BCUT2D eigenvalue weighted by atomic mass is 10.1. The number of ether oxygens (including phenoxy) is 1. The quantitative estimate of drug-likeness (QED) is 0.556. The smallest absolute Gasteiger partial charge is 0.336 e. The van der Waals surface area contributed by atoms with E-state index in [1.54, 1.807) is 18.2 Å². The van der Waals surface area contributed by atoms with Crippen molar-refractivity contribution in [3.63, 3.8) is 0 Å². The van der Waals surface area contributed by atoms with E-state index in [1.165, 1.54) is 30.3 Å². The Kier molecular flexibility index (Phi) is 6.91. The molecule has 0 unspecified atom stereocenters. The van der Waals surface area contributed by atoms with Crippen molar-refractivity contribution < 1.29 is 27.9 Å². The minimum absolute atomic E-state index is 0.00302. The molecule has 0 aromatic heterocycles. The summed E-state index contributed by atoms with van der Waals surface area (Å²) < 4.78 is 32.1. The van der Waals surface area contributed by atoms with E-state index >= 15 is 0 Å². The lowest BCUT2D eigenvalue weighted by Crippen LogP contribution is -2.35. The maximum absolute atomic E-state index is 12.2. The number of carboxylic acid groups (broad SMARTS) is 1. The van der Waals surface area contributed by atoms with Crippen molar-refractivity contribution in [1.29, 1.82) is 0 Å². The van der Waals surface area contributed by atoms with Crippen LogP contribution in [0.4, 0.5) is 0 Å². The number of carboxylic acids is 1. The Morgan fingerprint density at radius 3 is 2.22 bits per heavy atom. The number of benzene rings is 2. The molecule has 0 saturated carbocycles. The highest BCUT2D eigenvalue weighted by Gasteiger charge is 2.16. The third-order valence-corrected chi connectivity index (χ3v) is 5.03. The van der Waals surface area contributed by atoms with Gasteiger partial charge in [0, 0.05) is 13.1 Å². The summed E-state index contributed by atoms with van der Waals surface area (Å²) in [6.45, 7) is 2.27. The van der Waals surface area contributed by atoms with Crippen LogP contribution in [0.15, 0.2) is 53.4 Å². The molecule has 2 aromatic rings. The number of hydrogen-bond acceptors (Lipinski definition) is 5. The van der Waals surface area contributed by atoms with Crippen LogP contribution in [0.2, 0.25) is 0 Å². The molecule has 8 nitrogen and oxygen atoms in total. The zero-order valence-electron chi connectivity index (χ0n) is 14.6. The molecule has 0 aliphatic heterocycles. The summed E-state index contributed by atoms with van der Waals surface area (Å²) in [4.78, 5) is 23.3. The first kappa shape index (κ1) is 20.4. The van der Waals surface area contributed by atoms with E-state index in [0.717, 1.165) is 0 Å². The molecule has 2 rings (SSSR count). The lowest BCUT2D eigenvalue weighted by Gasteiger charge is -2.10. The number of aromatic carboxylic acids is 1. The topological polar surface area (TPSA) is 122 Å². The average molecular weight is 392 g/mol. The van der Waals surface area contributed by atoms with Crippen molar-refractivity contribution in [3.8, 4) is 5.75 Å². The minimum Gasteiger partial charge on any atom is -0.494 e. The van der Waals surface area contributed by atoms with Gasteiger partial charge in [0.25, 0.3) is 5.91 Å². The molecule has 0 aliphatic rings. The molecule has 2 aromatic carbocycles. The standard InChI is InChI=1S/C18H20N2O6S/c1-2-26-13-7-9-14(10-8-13)27(24,25)20-12-11-19-17(21)15-5-3-4-6-16(15)18(22)23/h3-10,20H,2,11-12H2,1H3,(H,19,21)(H,22,23). The van der Waals surface area contributed by atoms with Crippen LogP contribution in [0, 0.1) is 0 Å². The molecule has 0 fully saturated rings. The number of carbonyl (C=O) groups excluding carboxylic acids is 1. The zero-order valence-corrected chi connectivity index (χ0v) is 15.5. The summed E-state index contributed by atoms with van der Waals surface area (Å²) in [5, 5.41) is 11.6. The van der Waals surface area contributed by atoms with Gasteiger partial charge in [-0.25, -0.2) is 17.9 Å². The first-order valence-corrected chi connectivity index (χ1v) is 9.66. The first-order chi connectivity index (χ1) is 12.8. The van der Waals surface area contributed by atoms with Gasteiger partial charge in [-0.1, -0.05) is 12.1 Å². The van der Waals surface area contributed by atoms with E-state index in [1.807, 2.05) is 6.92 Å². The van der Waals surface area contributed by atoms with Gasteiger partial charge in [0.2, 0.25) is 10.0 Å². The Balaban J connectivity index is 1.90. The number of sulfonamides is 1. The molecule has 0 atom stereocenters. The van der Waals surface area contributed by atoms with Gasteiger partial charge in [-0.2, -0.15) is 0 Å². The van der Waals surface area contributed by atoms with Crippen molar-refractivity contribution in [2.75, 3.05) is 19.7 Å². The lowest BCUT2D eigenvalue weighted by molar-refractivity contribution is 0.0691. The van der Waals surface area contributed by atoms with Gasteiger partial charge in [-0.15, -0.1) is 0 Å². The fourth-order valence-electron chi connectivity index (χ4n) is 2.29. The molecule has 0 heterocycles. The molecule has 27 heavy (non-hydrogen) atoms. The van der Waals surface area contributed by atoms with E-state index in [2.05, 4.69) is 10.0 Å². The van der Waals surface area contributed by atoms with Gasteiger partial charge in [0.05, 0.1) is 22.6 Å². The molecular formula is C18H20N2O6S. The van der Waals surface area contributed by atoms with Crippen molar-refractivity contribution in [1.82, 2.24) is 10.0 Å². The SMILES string of the molecule is CCOc1ccc(S(=O)(=O)NCCNC(=O)c2ccccc2C(=O)O)cc1. The molecule has 0 saturated heterocycles. The highest BCUT2D eigenvalue weighted by Crippen LogP contribution is 2.15. The minimum atomic E-state index is -3.73. The Bertz CT molecular complexity index is 910. The largest absolute Gasteiger partial charge is 0.494 e. The number of amides is 1. The molecule has 9 heteroatoms. The number of hydrogen-bond donors (Lipinski definition) is 3. The monoisotopic (exact) mass is 392 g/mol. The Labute approximate surface area is 157 Å². The van der Waals surface area contributed by atoms with Gasteiger partial charge < -0.3 is 15.2 Å². The second-order valence-electron chi connectivity index (χ2n) is 5.41. The van der Waals surface area contributed by atoms with Gasteiger partial charge >= 0.3 is 5.97 Å². The molecule has 0 spiro atoms. The van der Waals surface area contributed by atoms with Gasteiger partial charge in [-0.3, -0.25) is 4.79 Å². The normalized spacial score (nSPS) is 11.0. The van der Waals surface area contributed by atoms with Crippen LogP contribution in [0.25, 0.3) is 0 Å².